The van der Waals surface area contributed by atoms with E-state index in [1.807, 2.05) is 0 Å². The third-order valence-electron chi connectivity index (χ3n) is 1.04. The highest BCUT2D eigenvalue weighted by molar-refractivity contribution is 5.69. The van der Waals surface area contributed by atoms with E-state index in [1.165, 1.54) is 18.5 Å². The smallest absolute Gasteiger partial charge is 0.181 e. The summed E-state index contributed by atoms with van der Waals surface area (Å²) in [5, 5.41) is 10.4. The molecule has 1 aliphatic rings. The summed E-state index contributed by atoms with van der Waals surface area (Å²) in [5.41, 5.74) is 0.516. The molecule has 0 spiro atoms. The molecule has 0 amide bonds. The normalized spacial score (nSPS) is 16.9. The molecule has 0 saturated carbocycles. The molecule has 3 heteroatoms. The van der Waals surface area contributed by atoms with E-state index in [9.17, 15) is 10.0 Å². The molecule has 0 atom stereocenters. The van der Waals surface area contributed by atoms with Gasteiger partial charge in [-0.05, 0) is 0 Å². The number of hydroxylamine groups is 1. The molecule has 0 bridgehead atoms. The van der Waals surface area contributed by atoms with Gasteiger partial charge >= 0.3 is 0 Å². The van der Waals surface area contributed by atoms with Gasteiger partial charge in [0.15, 0.2) is 12.4 Å². The number of hydrogen-bond donors (Lipinski definition) is 0. The van der Waals surface area contributed by atoms with Crippen molar-refractivity contribution in [2.45, 2.75) is 6.42 Å². The topological polar surface area (TPSA) is 43.1 Å². The van der Waals surface area contributed by atoms with E-state index in [4.69, 9.17) is 0 Å². The molecule has 46 valence electrons. The van der Waals surface area contributed by atoms with Crippen molar-refractivity contribution in [3.05, 3.63) is 23.1 Å². The fourth-order valence-electron chi connectivity index (χ4n) is 0.556. The summed E-state index contributed by atoms with van der Waals surface area (Å²) in [7, 11) is 0. The van der Waals surface area contributed by atoms with Gasteiger partial charge in [0.25, 0.3) is 0 Å². The average Bonchev–Trinajstić information content (AvgIpc) is 1.90. The van der Waals surface area contributed by atoms with Gasteiger partial charge in [-0.2, -0.15) is 4.74 Å². The van der Waals surface area contributed by atoms with Crippen LogP contribution in [0.3, 0.4) is 0 Å². The highest BCUT2D eigenvalue weighted by Gasteiger charge is 2.00. The fourth-order valence-corrected chi connectivity index (χ4v) is 0.556. The van der Waals surface area contributed by atoms with Crippen molar-refractivity contribution in [1.82, 2.24) is 0 Å². The molecule has 0 aromatic carbocycles. The van der Waals surface area contributed by atoms with Crippen LogP contribution in [0.2, 0.25) is 0 Å². The van der Waals surface area contributed by atoms with Crippen LogP contribution in [0.15, 0.2) is 17.8 Å². The van der Waals surface area contributed by atoms with Crippen molar-refractivity contribution >= 4 is 12.2 Å². The molecule has 1 aliphatic heterocycles. The standard InChI is InChI=1S/C6H5NO2/c8-5-6-1-3-7(9)4-2-6/h1,3-4H,2H2. The highest BCUT2D eigenvalue weighted by Crippen LogP contribution is 2.00. The number of carbonyl (C=O) groups excluding carboxylic acids is 1. The molecule has 0 unspecified atom stereocenters. The zero-order chi connectivity index (χ0) is 6.69. The van der Waals surface area contributed by atoms with Gasteiger partial charge in [0.2, 0.25) is 0 Å². The first-order chi connectivity index (χ1) is 4.33. The number of nitrogens with zero attached hydrogens (tertiary/aromatic N) is 1. The molecular weight excluding hydrogens is 118 g/mol. The molecule has 0 fully saturated rings. The Morgan fingerprint density at radius 2 is 2.56 bits per heavy atom. The molecule has 0 saturated heterocycles. The Bertz CT molecular complexity index is 221. The lowest BCUT2D eigenvalue weighted by Gasteiger charge is -1.99. The maximum atomic E-state index is 10.4. The van der Waals surface area contributed by atoms with Gasteiger partial charge in [-0.1, -0.05) is 0 Å². The first-order valence-corrected chi connectivity index (χ1v) is 2.54. The van der Waals surface area contributed by atoms with Gasteiger partial charge in [0.05, 0.1) is 12.0 Å². The summed E-state index contributed by atoms with van der Waals surface area (Å²) in [6, 6.07) is 0. The lowest BCUT2D eigenvalue weighted by molar-refractivity contribution is -0.375. The van der Waals surface area contributed by atoms with Gasteiger partial charge in [-0.3, -0.25) is 0 Å². The van der Waals surface area contributed by atoms with E-state index in [2.05, 4.69) is 0 Å². The molecule has 1 rings (SSSR count). The minimum atomic E-state index is 0.392. The molecule has 1 heterocycles. The first kappa shape index (κ1) is 5.79. The average molecular weight is 123 g/mol. The van der Waals surface area contributed by atoms with Crippen LogP contribution in [-0.4, -0.2) is 16.9 Å². The summed E-state index contributed by atoms with van der Waals surface area (Å²) >= 11 is 0. The Balaban J connectivity index is 2.81. The summed E-state index contributed by atoms with van der Waals surface area (Å²) in [6.07, 6.45) is 4.51. The Labute approximate surface area is 52.2 Å². The summed E-state index contributed by atoms with van der Waals surface area (Å²) in [5.74, 6) is 1.71. The van der Waals surface area contributed by atoms with E-state index in [0.29, 0.717) is 16.7 Å². The molecule has 0 radical (unpaired) electrons. The molecule has 0 aliphatic carbocycles. The second-order valence-electron chi connectivity index (χ2n) is 1.69. The number of allylic oxidation sites excluding steroid dienone is 2. The number of hydrogen-bond acceptors (Lipinski definition) is 2. The quantitative estimate of drug-likeness (QED) is 0.263. The van der Waals surface area contributed by atoms with Crippen molar-refractivity contribution in [3.8, 4) is 0 Å². The van der Waals surface area contributed by atoms with Gasteiger partial charge in [0, 0.05) is 6.08 Å². The van der Waals surface area contributed by atoms with Crippen LogP contribution in [0, 0.1) is 5.21 Å². The van der Waals surface area contributed by atoms with Crippen LogP contribution in [-0.2, 0) is 4.79 Å². The van der Waals surface area contributed by atoms with E-state index >= 15 is 0 Å². The van der Waals surface area contributed by atoms with E-state index in [0.717, 1.165) is 0 Å². The molecular formula is C6H5NO2. The Kier molecular flexibility index (Phi) is 1.47. The minimum absolute atomic E-state index is 0.392. The molecule has 0 aromatic rings. The van der Waals surface area contributed by atoms with Crippen molar-refractivity contribution in [2.24, 2.45) is 0 Å². The van der Waals surface area contributed by atoms with Crippen LogP contribution in [0.1, 0.15) is 6.42 Å². The summed E-state index contributed by atoms with van der Waals surface area (Å²) in [4.78, 5) is 9.91. The second-order valence-corrected chi connectivity index (χ2v) is 1.69. The van der Waals surface area contributed by atoms with Crippen LogP contribution in [0.5, 0.6) is 0 Å². The van der Waals surface area contributed by atoms with Gasteiger partial charge in [-0.25, -0.2) is 4.79 Å². The first-order valence-electron chi connectivity index (χ1n) is 2.54. The fraction of sp³-hybridized carbons (Fsp3) is 0.167. The van der Waals surface area contributed by atoms with Crippen LogP contribution >= 0.6 is 0 Å². The SMILES string of the molecule is O=C=C1C=C[N+]([O-])=CC1. The van der Waals surface area contributed by atoms with Crippen molar-refractivity contribution in [2.75, 3.05) is 0 Å². The second kappa shape index (κ2) is 2.29. The summed E-state index contributed by atoms with van der Waals surface area (Å²) in [6.45, 7) is 0. The maximum absolute atomic E-state index is 10.4. The largest absolute Gasteiger partial charge is 0.619 e. The maximum Gasteiger partial charge on any atom is 0.181 e. The third kappa shape index (κ3) is 1.27. The van der Waals surface area contributed by atoms with Gasteiger partial charge in [-0.15, -0.1) is 0 Å². The zero-order valence-corrected chi connectivity index (χ0v) is 4.70. The Hall–Kier alpha value is -1.34. The van der Waals surface area contributed by atoms with Crippen molar-refractivity contribution < 1.29 is 9.53 Å². The monoisotopic (exact) mass is 123 g/mol. The summed E-state index contributed by atoms with van der Waals surface area (Å²) < 4.78 is 0.668. The molecule has 0 aromatic heterocycles. The molecule has 3 nitrogen and oxygen atoms in total. The van der Waals surface area contributed by atoms with Crippen molar-refractivity contribution in [3.63, 3.8) is 0 Å². The zero-order valence-electron chi connectivity index (χ0n) is 4.70. The van der Waals surface area contributed by atoms with Gasteiger partial charge in [0.1, 0.15) is 5.94 Å². The van der Waals surface area contributed by atoms with Crippen LogP contribution in [0.4, 0.5) is 0 Å². The Morgan fingerprint density at radius 3 is 3.00 bits per heavy atom. The highest BCUT2D eigenvalue weighted by atomic mass is 16.5. The lowest BCUT2D eigenvalue weighted by Crippen LogP contribution is -2.01. The van der Waals surface area contributed by atoms with E-state index in [1.54, 1.807) is 5.94 Å². The molecule has 9 heavy (non-hydrogen) atoms. The predicted octanol–water partition coefficient (Wildman–Crippen LogP) is 0.243. The lowest BCUT2D eigenvalue weighted by atomic mass is 10.2. The van der Waals surface area contributed by atoms with Gasteiger partial charge < -0.3 is 5.21 Å². The predicted molar refractivity (Wildman–Crippen MR) is 32.7 cm³/mol. The van der Waals surface area contributed by atoms with Crippen LogP contribution in [0.25, 0.3) is 0 Å². The minimum Gasteiger partial charge on any atom is -0.619 e. The molecule has 0 N–H and O–H groups in total. The third-order valence-corrected chi connectivity index (χ3v) is 1.04. The van der Waals surface area contributed by atoms with E-state index in [-0.39, 0.29) is 0 Å². The van der Waals surface area contributed by atoms with Crippen LogP contribution < -0.4 is 0 Å². The van der Waals surface area contributed by atoms with E-state index < -0.39 is 0 Å². The van der Waals surface area contributed by atoms with Crippen molar-refractivity contribution in [1.29, 1.82) is 0 Å². The Morgan fingerprint density at radius 1 is 1.78 bits per heavy atom. The number of rotatable bonds is 0.